The Morgan fingerprint density at radius 2 is 0.866 bits per heavy atom. The molecule has 14 aromatic rings. The van der Waals surface area contributed by atoms with E-state index in [2.05, 4.69) is 215 Å². The maximum atomic E-state index is 5.38. The standard InChI is InChI=1S/C61H37N5S/c1-3-16-38(17-4-1)59-62-60(41-30-32-53-48(35-41)44-22-9-12-26-51(44)65(53)43-20-5-2-6-21-43)64-61(63-59)42-31-33-54(50(36-42)46-25-15-29-57-58(46)47-24-11-14-28-56(47)67-57)66-52-27-13-10-23-45(52)49-34-39-18-7-8-19-40(39)37-55(49)66/h1-37H. The molecule has 67 heavy (non-hydrogen) atoms. The molecule has 0 saturated carbocycles. The largest absolute Gasteiger partial charge is 0.309 e. The first kappa shape index (κ1) is 37.6. The number of hydrogen-bond acceptors (Lipinski definition) is 4. The molecule has 0 radical (unpaired) electrons. The maximum Gasteiger partial charge on any atom is 0.164 e. The fraction of sp³-hybridized carbons (Fsp3) is 0. The lowest BCUT2D eigenvalue weighted by Crippen LogP contribution is -2.02. The molecule has 0 unspecified atom stereocenters. The third-order valence-corrected chi connectivity index (χ3v) is 14.5. The number of rotatable bonds is 6. The third-order valence-electron chi connectivity index (χ3n) is 13.3. The molecule has 10 aromatic carbocycles. The normalized spacial score (nSPS) is 11.9. The zero-order valence-electron chi connectivity index (χ0n) is 36.0. The van der Waals surface area contributed by atoms with Crippen LogP contribution < -0.4 is 0 Å². The summed E-state index contributed by atoms with van der Waals surface area (Å²) in [5, 5.41) is 9.69. The molecule has 0 aliphatic heterocycles. The molecule has 0 spiro atoms. The molecular weight excluding hydrogens is 835 g/mol. The smallest absolute Gasteiger partial charge is 0.164 e. The Hall–Kier alpha value is -8.71. The van der Waals surface area contributed by atoms with Gasteiger partial charge in [0.2, 0.25) is 0 Å². The van der Waals surface area contributed by atoms with Crippen molar-refractivity contribution >= 4 is 85.9 Å². The molecule has 0 fully saturated rings. The van der Waals surface area contributed by atoms with E-state index in [0.29, 0.717) is 17.5 Å². The first-order valence-corrected chi connectivity index (χ1v) is 23.4. The van der Waals surface area contributed by atoms with Crippen LogP contribution in [0.3, 0.4) is 0 Å². The summed E-state index contributed by atoms with van der Waals surface area (Å²) in [7, 11) is 0. The summed E-state index contributed by atoms with van der Waals surface area (Å²) in [4.78, 5) is 15.9. The van der Waals surface area contributed by atoms with Crippen LogP contribution in [0.25, 0.3) is 131 Å². The molecule has 4 aromatic heterocycles. The SMILES string of the molecule is c1ccc(-c2nc(-c3ccc(-n4c5ccccc5c5cc6ccccc6cc54)c(-c4cccc5sc6ccccc6c45)c3)nc(-c3ccc4c(c3)c3ccccc3n4-c3ccccc3)n2)cc1. The van der Waals surface area contributed by atoms with E-state index in [9.17, 15) is 0 Å². The Labute approximate surface area is 389 Å². The summed E-state index contributed by atoms with van der Waals surface area (Å²) in [6.07, 6.45) is 0. The molecule has 0 N–H and O–H groups in total. The average molecular weight is 872 g/mol. The molecule has 0 saturated heterocycles. The van der Waals surface area contributed by atoms with Crippen LogP contribution in [0.5, 0.6) is 0 Å². The molecule has 0 amide bonds. The third kappa shape index (κ3) is 5.97. The summed E-state index contributed by atoms with van der Waals surface area (Å²) in [6, 6.07) is 80.4. The van der Waals surface area contributed by atoms with E-state index in [1.807, 2.05) is 29.5 Å². The average Bonchev–Trinajstić information content (AvgIpc) is 4.05. The Bertz CT molecular complexity index is 4280. The number of fused-ring (bicyclic) bond motifs is 10. The summed E-state index contributed by atoms with van der Waals surface area (Å²) in [5.74, 6) is 1.85. The van der Waals surface area contributed by atoms with Crippen molar-refractivity contribution in [2.24, 2.45) is 0 Å². The highest BCUT2D eigenvalue weighted by molar-refractivity contribution is 7.25. The quantitative estimate of drug-likeness (QED) is 0.167. The zero-order chi connectivity index (χ0) is 44.0. The molecular formula is C61H37N5S. The van der Waals surface area contributed by atoms with Crippen LogP contribution in [0, 0.1) is 0 Å². The summed E-state index contributed by atoms with van der Waals surface area (Å²) < 4.78 is 7.31. The molecule has 5 nitrogen and oxygen atoms in total. The summed E-state index contributed by atoms with van der Waals surface area (Å²) >= 11 is 1.84. The monoisotopic (exact) mass is 871 g/mol. The molecule has 0 aliphatic carbocycles. The van der Waals surface area contributed by atoms with Gasteiger partial charge in [0, 0.05) is 69.7 Å². The molecule has 14 rings (SSSR count). The zero-order valence-corrected chi connectivity index (χ0v) is 36.8. The summed E-state index contributed by atoms with van der Waals surface area (Å²) in [5.41, 5.74) is 11.8. The van der Waals surface area contributed by atoms with Crippen LogP contribution in [-0.4, -0.2) is 24.1 Å². The topological polar surface area (TPSA) is 48.5 Å². The van der Waals surface area contributed by atoms with Crippen LogP contribution >= 0.6 is 11.3 Å². The van der Waals surface area contributed by atoms with Crippen molar-refractivity contribution in [3.63, 3.8) is 0 Å². The van der Waals surface area contributed by atoms with Crippen LogP contribution in [0.2, 0.25) is 0 Å². The first-order chi connectivity index (χ1) is 33.2. The van der Waals surface area contributed by atoms with Gasteiger partial charge in [0.15, 0.2) is 17.5 Å². The van der Waals surface area contributed by atoms with Gasteiger partial charge in [-0.1, -0.05) is 140 Å². The minimum atomic E-state index is 0.610. The maximum absolute atomic E-state index is 5.38. The van der Waals surface area contributed by atoms with E-state index in [1.165, 1.54) is 47.1 Å². The second kappa shape index (κ2) is 14.9. The Balaban J connectivity index is 1.03. The number of aromatic nitrogens is 5. The lowest BCUT2D eigenvalue weighted by molar-refractivity contribution is 1.07. The number of para-hydroxylation sites is 3. The lowest BCUT2D eigenvalue weighted by Gasteiger charge is -2.17. The van der Waals surface area contributed by atoms with E-state index < -0.39 is 0 Å². The van der Waals surface area contributed by atoms with Crippen molar-refractivity contribution in [2.75, 3.05) is 0 Å². The van der Waals surface area contributed by atoms with E-state index in [1.54, 1.807) is 0 Å². The minimum absolute atomic E-state index is 0.610. The molecule has 4 heterocycles. The highest BCUT2D eigenvalue weighted by Crippen LogP contribution is 2.45. The van der Waals surface area contributed by atoms with Crippen molar-refractivity contribution in [1.82, 2.24) is 24.1 Å². The van der Waals surface area contributed by atoms with Gasteiger partial charge in [-0.3, -0.25) is 0 Å². The van der Waals surface area contributed by atoms with Gasteiger partial charge in [-0.15, -0.1) is 11.3 Å². The second-order valence-corrected chi connectivity index (χ2v) is 18.3. The van der Waals surface area contributed by atoms with Gasteiger partial charge in [0.25, 0.3) is 0 Å². The van der Waals surface area contributed by atoms with Crippen molar-refractivity contribution in [1.29, 1.82) is 0 Å². The molecule has 0 aliphatic rings. The highest BCUT2D eigenvalue weighted by atomic mass is 32.1. The fourth-order valence-corrected chi connectivity index (χ4v) is 11.4. The molecule has 0 atom stereocenters. The predicted octanol–water partition coefficient (Wildman–Crippen LogP) is 16.3. The van der Waals surface area contributed by atoms with E-state index in [4.69, 9.17) is 15.0 Å². The van der Waals surface area contributed by atoms with Crippen LogP contribution in [0.15, 0.2) is 224 Å². The van der Waals surface area contributed by atoms with E-state index >= 15 is 0 Å². The van der Waals surface area contributed by atoms with Gasteiger partial charge in [-0.25, -0.2) is 15.0 Å². The number of hydrogen-bond donors (Lipinski definition) is 0. The van der Waals surface area contributed by atoms with Gasteiger partial charge >= 0.3 is 0 Å². The van der Waals surface area contributed by atoms with E-state index in [-0.39, 0.29) is 0 Å². The summed E-state index contributed by atoms with van der Waals surface area (Å²) in [6.45, 7) is 0. The van der Waals surface area contributed by atoms with Crippen molar-refractivity contribution < 1.29 is 0 Å². The van der Waals surface area contributed by atoms with E-state index in [0.717, 1.165) is 66.6 Å². The van der Waals surface area contributed by atoms with Crippen molar-refractivity contribution in [3.8, 4) is 56.7 Å². The number of thiophene rings is 1. The molecule has 0 bridgehead atoms. The van der Waals surface area contributed by atoms with Crippen molar-refractivity contribution in [2.45, 2.75) is 0 Å². The Kier molecular flexibility index (Phi) is 8.38. The number of benzene rings is 10. The van der Waals surface area contributed by atoms with Gasteiger partial charge in [-0.05, 0) is 101 Å². The van der Waals surface area contributed by atoms with Crippen LogP contribution in [0.4, 0.5) is 0 Å². The second-order valence-electron chi connectivity index (χ2n) is 17.2. The van der Waals surface area contributed by atoms with Crippen LogP contribution in [0.1, 0.15) is 0 Å². The lowest BCUT2D eigenvalue weighted by atomic mass is 9.95. The Morgan fingerprint density at radius 3 is 1.63 bits per heavy atom. The first-order valence-electron chi connectivity index (χ1n) is 22.6. The highest BCUT2D eigenvalue weighted by Gasteiger charge is 2.22. The molecule has 6 heteroatoms. The van der Waals surface area contributed by atoms with Gasteiger partial charge in [0.1, 0.15) is 0 Å². The number of nitrogens with zero attached hydrogens (tertiary/aromatic N) is 5. The van der Waals surface area contributed by atoms with Gasteiger partial charge in [-0.2, -0.15) is 0 Å². The minimum Gasteiger partial charge on any atom is -0.309 e. The van der Waals surface area contributed by atoms with Crippen LogP contribution in [-0.2, 0) is 0 Å². The fourth-order valence-electron chi connectivity index (χ4n) is 10.3. The van der Waals surface area contributed by atoms with Crippen molar-refractivity contribution in [3.05, 3.63) is 224 Å². The Morgan fingerprint density at radius 1 is 0.313 bits per heavy atom. The predicted molar refractivity (Wildman–Crippen MR) is 281 cm³/mol. The van der Waals surface area contributed by atoms with Gasteiger partial charge < -0.3 is 9.13 Å². The molecule has 312 valence electrons. The van der Waals surface area contributed by atoms with Gasteiger partial charge in [0.05, 0.1) is 27.8 Å².